The number of rotatable bonds is 3. The summed E-state index contributed by atoms with van der Waals surface area (Å²) in [6.45, 7) is 2.63. The Morgan fingerprint density at radius 3 is 2.08 bits per heavy atom. The molecule has 0 unspecified atom stereocenters. The summed E-state index contributed by atoms with van der Waals surface area (Å²) in [6, 6.07) is 28.3. The van der Waals surface area contributed by atoms with E-state index in [1.54, 1.807) is 0 Å². The SMILES string of the molecule is C[C@]1(c2ccccc2)C(=O)N(Cc2ccccc2)c2ccccc21. The van der Waals surface area contributed by atoms with Crippen molar-refractivity contribution in [2.45, 2.75) is 18.9 Å². The quantitative estimate of drug-likeness (QED) is 0.695. The van der Waals surface area contributed by atoms with E-state index >= 15 is 0 Å². The molecule has 0 saturated carbocycles. The van der Waals surface area contributed by atoms with E-state index in [1.807, 2.05) is 78.6 Å². The largest absolute Gasteiger partial charge is 0.307 e. The lowest BCUT2D eigenvalue weighted by molar-refractivity contribution is -0.121. The molecule has 4 rings (SSSR count). The summed E-state index contributed by atoms with van der Waals surface area (Å²) in [5.41, 5.74) is 3.64. The molecule has 24 heavy (non-hydrogen) atoms. The Labute approximate surface area is 142 Å². The van der Waals surface area contributed by atoms with Crippen molar-refractivity contribution in [1.82, 2.24) is 0 Å². The van der Waals surface area contributed by atoms with Crippen molar-refractivity contribution in [2.24, 2.45) is 0 Å². The molecule has 0 fully saturated rings. The molecule has 3 aromatic rings. The molecule has 0 N–H and O–H groups in total. The molecule has 1 aliphatic rings. The number of hydrogen-bond donors (Lipinski definition) is 0. The van der Waals surface area contributed by atoms with Crippen LogP contribution in [0.1, 0.15) is 23.6 Å². The van der Waals surface area contributed by atoms with Gasteiger partial charge in [0.1, 0.15) is 0 Å². The molecule has 0 aromatic heterocycles. The molecule has 1 aliphatic heterocycles. The van der Waals surface area contributed by atoms with E-state index in [1.165, 1.54) is 0 Å². The summed E-state index contributed by atoms with van der Waals surface area (Å²) in [5, 5.41) is 0. The summed E-state index contributed by atoms with van der Waals surface area (Å²) in [6.07, 6.45) is 0. The summed E-state index contributed by atoms with van der Waals surface area (Å²) in [5.74, 6) is 0.138. The number of nitrogens with zero attached hydrogens (tertiary/aromatic N) is 1. The predicted octanol–water partition coefficient (Wildman–Crippen LogP) is 4.54. The lowest BCUT2D eigenvalue weighted by Crippen LogP contribution is -2.38. The second-order valence-corrected chi connectivity index (χ2v) is 6.39. The maximum atomic E-state index is 13.4. The molecule has 0 radical (unpaired) electrons. The number of fused-ring (bicyclic) bond motifs is 1. The maximum absolute atomic E-state index is 13.4. The highest BCUT2D eigenvalue weighted by Gasteiger charge is 2.48. The van der Waals surface area contributed by atoms with E-state index in [9.17, 15) is 4.79 Å². The first-order valence-corrected chi connectivity index (χ1v) is 8.22. The fourth-order valence-electron chi connectivity index (χ4n) is 3.60. The second kappa shape index (κ2) is 5.64. The van der Waals surface area contributed by atoms with Crippen molar-refractivity contribution in [2.75, 3.05) is 4.90 Å². The van der Waals surface area contributed by atoms with Gasteiger partial charge in [0.25, 0.3) is 0 Å². The van der Waals surface area contributed by atoms with Gasteiger partial charge in [-0.25, -0.2) is 0 Å². The van der Waals surface area contributed by atoms with Gasteiger partial charge in [-0.3, -0.25) is 4.79 Å². The zero-order valence-corrected chi connectivity index (χ0v) is 13.6. The molecule has 118 valence electrons. The van der Waals surface area contributed by atoms with Crippen molar-refractivity contribution in [1.29, 1.82) is 0 Å². The number of amides is 1. The highest BCUT2D eigenvalue weighted by molar-refractivity contribution is 6.10. The van der Waals surface area contributed by atoms with Gasteiger partial charge >= 0.3 is 0 Å². The summed E-state index contributed by atoms with van der Waals surface area (Å²) >= 11 is 0. The molecule has 2 nitrogen and oxygen atoms in total. The van der Waals surface area contributed by atoms with Crippen LogP contribution < -0.4 is 4.90 Å². The van der Waals surface area contributed by atoms with Crippen LogP contribution in [0.2, 0.25) is 0 Å². The van der Waals surface area contributed by atoms with Gasteiger partial charge in [0, 0.05) is 5.69 Å². The highest BCUT2D eigenvalue weighted by Crippen LogP contribution is 2.46. The first-order chi connectivity index (χ1) is 11.7. The minimum Gasteiger partial charge on any atom is -0.307 e. The third-order valence-corrected chi connectivity index (χ3v) is 4.94. The van der Waals surface area contributed by atoms with Crippen LogP contribution in [0.25, 0.3) is 0 Å². The number of carbonyl (C=O) groups is 1. The van der Waals surface area contributed by atoms with Crippen molar-refractivity contribution >= 4 is 11.6 Å². The van der Waals surface area contributed by atoms with Crippen LogP contribution in [-0.2, 0) is 16.8 Å². The molecule has 0 spiro atoms. The summed E-state index contributed by atoms with van der Waals surface area (Å²) in [4.78, 5) is 15.3. The van der Waals surface area contributed by atoms with Gasteiger partial charge in [-0.15, -0.1) is 0 Å². The fraction of sp³-hybridized carbons (Fsp3) is 0.136. The lowest BCUT2D eigenvalue weighted by atomic mass is 9.77. The Balaban J connectivity index is 1.83. The van der Waals surface area contributed by atoms with E-state index in [0.29, 0.717) is 6.54 Å². The first kappa shape index (κ1) is 14.7. The van der Waals surface area contributed by atoms with Crippen molar-refractivity contribution in [3.63, 3.8) is 0 Å². The normalized spacial score (nSPS) is 19.4. The summed E-state index contributed by atoms with van der Waals surface area (Å²) in [7, 11) is 0. The highest BCUT2D eigenvalue weighted by atomic mass is 16.2. The molecule has 3 aromatic carbocycles. The van der Waals surface area contributed by atoms with Crippen LogP contribution in [-0.4, -0.2) is 5.91 Å². The molecule has 1 atom stereocenters. The maximum Gasteiger partial charge on any atom is 0.242 e. The van der Waals surface area contributed by atoms with Gasteiger partial charge in [0.15, 0.2) is 0 Å². The Kier molecular flexibility index (Phi) is 3.46. The number of carbonyl (C=O) groups excluding carboxylic acids is 1. The minimum atomic E-state index is -0.632. The first-order valence-electron chi connectivity index (χ1n) is 8.22. The van der Waals surface area contributed by atoms with Crippen molar-refractivity contribution < 1.29 is 4.79 Å². The molecule has 2 heteroatoms. The Hall–Kier alpha value is -2.87. The predicted molar refractivity (Wildman–Crippen MR) is 97.0 cm³/mol. The second-order valence-electron chi connectivity index (χ2n) is 6.39. The third-order valence-electron chi connectivity index (χ3n) is 4.94. The number of anilines is 1. The van der Waals surface area contributed by atoms with Crippen LogP contribution in [0.5, 0.6) is 0 Å². The monoisotopic (exact) mass is 313 g/mol. The molecule has 1 amide bonds. The Morgan fingerprint density at radius 2 is 1.38 bits per heavy atom. The number of hydrogen-bond acceptors (Lipinski definition) is 1. The van der Waals surface area contributed by atoms with E-state index in [0.717, 1.165) is 22.4 Å². The van der Waals surface area contributed by atoms with Crippen LogP contribution in [0, 0.1) is 0 Å². The average molecular weight is 313 g/mol. The summed E-state index contributed by atoms with van der Waals surface area (Å²) < 4.78 is 0. The van der Waals surface area contributed by atoms with E-state index in [4.69, 9.17) is 0 Å². The molecule has 0 aliphatic carbocycles. The molecule has 0 saturated heterocycles. The van der Waals surface area contributed by atoms with E-state index < -0.39 is 5.41 Å². The van der Waals surface area contributed by atoms with Gasteiger partial charge in [-0.1, -0.05) is 78.9 Å². The zero-order valence-electron chi connectivity index (χ0n) is 13.6. The van der Waals surface area contributed by atoms with E-state index in [-0.39, 0.29) is 5.91 Å². The molecular formula is C22H19NO. The van der Waals surface area contributed by atoms with Gasteiger partial charge in [0.05, 0.1) is 12.0 Å². The standard InChI is InChI=1S/C22H19NO/c1-22(18-12-6-3-7-13-18)19-14-8-9-15-20(19)23(21(22)24)16-17-10-4-2-5-11-17/h2-15H,16H2,1H3/t22-/m1/s1. The van der Waals surface area contributed by atoms with Gasteiger partial charge in [-0.2, -0.15) is 0 Å². The van der Waals surface area contributed by atoms with Gasteiger partial charge < -0.3 is 4.90 Å². The fourth-order valence-corrected chi connectivity index (χ4v) is 3.60. The van der Waals surface area contributed by atoms with Crippen LogP contribution >= 0.6 is 0 Å². The number of benzene rings is 3. The Morgan fingerprint density at radius 1 is 0.792 bits per heavy atom. The van der Waals surface area contributed by atoms with Gasteiger partial charge in [-0.05, 0) is 29.7 Å². The van der Waals surface area contributed by atoms with Gasteiger partial charge in [0.2, 0.25) is 5.91 Å². The molecular weight excluding hydrogens is 294 g/mol. The average Bonchev–Trinajstić information content (AvgIpc) is 2.87. The van der Waals surface area contributed by atoms with Crippen molar-refractivity contribution in [3.05, 3.63) is 102 Å². The topological polar surface area (TPSA) is 20.3 Å². The minimum absolute atomic E-state index is 0.138. The third kappa shape index (κ3) is 2.15. The lowest BCUT2D eigenvalue weighted by Gasteiger charge is -2.25. The van der Waals surface area contributed by atoms with Crippen LogP contribution in [0.4, 0.5) is 5.69 Å². The molecule has 1 heterocycles. The van der Waals surface area contributed by atoms with E-state index in [2.05, 4.69) is 18.2 Å². The Bertz CT molecular complexity index is 873. The van der Waals surface area contributed by atoms with Crippen LogP contribution in [0.3, 0.4) is 0 Å². The number of para-hydroxylation sites is 1. The smallest absolute Gasteiger partial charge is 0.242 e. The van der Waals surface area contributed by atoms with Crippen molar-refractivity contribution in [3.8, 4) is 0 Å². The zero-order chi connectivity index (χ0) is 16.6. The molecule has 0 bridgehead atoms. The van der Waals surface area contributed by atoms with Crippen LogP contribution in [0.15, 0.2) is 84.9 Å².